The van der Waals surface area contributed by atoms with Crippen LogP contribution in [0.15, 0.2) is 48.5 Å². The molecular weight excluding hydrogens is 594 g/mol. The van der Waals surface area contributed by atoms with Crippen LogP contribution in [0, 0.1) is 11.8 Å². The second kappa shape index (κ2) is 16.7. The van der Waals surface area contributed by atoms with E-state index in [2.05, 4.69) is 71.2 Å². The van der Waals surface area contributed by atoms with Gasteiger partial charge in [0, 0.05) is 61.3 Å². The van der Waals surface area contributed by atoms with Gasteiger partial charge in [-0.3, -0.25) is 9.69 Å². The standard InChI is InChI=1S/C38H56ClN5O2/c1-27(2)25-44(33-14-19-42(20-15-33)28(3)4)34-16-21-43(22-17-34)38(46)36(23-29-9-11-32(39)12-10-29)41-24-31(26-45)37-35-8-6-5-7-30(35)13-18-40-37/h5-12,26-28,31,33-34,36-37,40-41H,13-25H2,1-4H3. The molecule has 3 aliphatic heterocycles. The lowest BCUT2D eigenvalue weighted by atomic mass is 9.86. The van der Waals surface area contributed by atoms with E-state index < -0.39 is 6.04 Å². The number of carbonyl (C=O) groups is 2. The summed E-state index contributed by atoms with van der Waals surface area (Å²) >= 11 is 6.19. The zero-order valence-corrected chi connectivity index (χ0v) is 29.2. The van der Waals surface area contributed by atoms with Gasteiger partial charge in [0.25, 0.3) is 0 Å². The first-order valence-electron chi connectivity index (χ1n) is 17.8. The molecule has 3 aliphatic rings. The maximum absolute atomic E-state index is 14.2. The molecule has 7 nitrogen and oxygen atoms in total. The summed E-state index contributed by atoms with van der Waals surface area (Å²) in [4.78, 5) is 34.2. The van der Waals surface area contributed by atoms with Crippen LogP contribution in [-0.2, 0) is 22.4 Å². The molecule has 0 aromatic heterocycles. The number of amides is 1. The molecule has 3 heterocycles. The molecular formula is C38H56ClN5O2. The Labute approximate surface area is 282 Å². The number of benzene rings is 2. The van der Waals surface area contributed by atoms with Crippen molar-refractivity contribution in [2.45, 2.75) is 96.4 Å². The van der Waals surface area contributed by atoms with Gasteiger partial charge in [-0.05, 0) is 107 Å². The quantitative estimate of drug-likeness (QED) is 0.285. The van der Waals surface area contributed by atoms with Crippen LogP contribution in [0.1, 0.15) is 76.1 Å². The number of nitrogens with zero attached hydrogens (tertiary/aromatic N) is 3. The number of hydrogen-bond acceptors (Lipinski definition) is 6. The van der Waals surface area contributed by atoms with E-state index in [9.17, 15) is 9.59 Å². The molecule has 252 valence electrons. The Balaban J connectivity index is 1.25. The van der Waals surface area contributed by atoms with Gasteiger partial charge in [-0.2, -0.15) is 0 Å². The first-order valence-corrected chi connectivity index (χ1v) is 18.1. The summed E-state index contributed by atoms with van der Waals surface area (Å²) in [5, 5.41) is 7.83. The number of fused-ring (bicyclic) bond motifs is 1. The smallest absolute Gasteiger partial charge is 0.240 e. The molecule has 2 fully saturated rings. The van der Waals surface area contributed by atoms with Crippen molar-refractivity contribution in [3.8, 4) is 0 Å². The number of likely N-dealkylation sites (tertiary alicyclic amines) is 2. The first kappa shape index (κ1) is 35.0. The number of halogens is 1. The number of hydrogen-bond donors (Lipinski definition) is 2. The van der Waals surface area contributed by atoms with Crippen molar-refractivity contribution < 1.29 is 9.59 Å². The highest BCUT2D eigenvalue weighted by Gasteiger charge is 2.36. The fraction of sp³-hybridized carbons (Fsp3) is 0.632. The third-order valence-corrected chi connectivity index (χ3v) is 10.8. The highest BCUT2D eigenvalue weighted by atomic mass is 35.5. The lowest BCUT2D eigenvalue weighted by Gasteiger charge is -2.46. The summed E-state index contributed by atoms with van der Waals surface area (Å²) in [5.74, 6) is 0.474. The maximum atomic E-state index is 14.2. The van der Waals surface area contributed by atoms with Crippen molar-refractivity contribution in [2.24, 2.45) is 11.8 Å². The largest absolute Gasteiger partial charge is 0.341 e. The molecule has 0 spiro atoms. The molecule has 3 atom stereocenters. The van der Waals surface area contributed by atoms with Crippen LogP contribution in [-0.4, -0.2) is 96.9 Å². The Morgan fingerprint density at radius 3 is 2.26 bits per heavy atom. The van der Waals surface area contributed by atoms with Crippen molar-refractivity contribution in [3.63, 3.8) is 0 Å². The van der Waals surface area contributed by atoms with Crippen LogP contribution in [0.2, 0.25) is 5.02 Å². The van der Waals surface area contributed by atoms with Gasteiger partial charge in [0.1, 0.15) is 6.29 Å². The fourth-order valence-corrected chi connectivity index (χ4v) is 8.06. The molecule has 1 amide bonds. The zero-order chi connectivity index (χ0) is 32.6. The predicted molar refractivity (Wildman–Crippen MR) is 188 cm³/mol. The van der Waals surface area contributed by atoms with Crippen LogP contribution in [0.25, 0.3) is 0 Å². The number of piperidine rings is 2. The van der Waals surface area contributed by atoms with Crippen LogP contribution >= 0.6 is 11.6 Å². The number of nitrogens with one attached hydrogen (secondary N) is 2. The maximum Gasteiger partial charge on any atom is 0.240 e. The summed E-state index contributed by atoms with van der Waals surface area (Å²) in [6.07, 6.45) is 7.06. The lowest BCUT2D eigenvalue weighted by Crippen LogP contribution is -2.56. The Bertz CT molecular complexity index is 1250. The van der Waals surface area contributed by atoms with Crippen molar-refractivity contribution in [1.29, 1.82) is 0 Å². The number of carbonyl (C=O) groups excluding carboxylic acids is 2. The number of aldehydes is 1. The Morgan fingerprint density at radius 1 is 0.978 bits per heavy atom. The third kappa shape index (κ3) is 8.99. The van der Waals surface area contributed by atoms with Crippen molar-refractivity contribution >= 4 is 23.8 Å². The van der Waals surface area contributed by atoms with Gasteiger partial charge in [-0.15, -0.1) is 0 Å². The molecule has 8 heteroatoms. The van der Waals surface area contributed by atoms with E-state index >= 15 is 0 Å². The molecule has 3 unspecified atom stereocenters. The molecule has 5 rings (SSSR count). The van der Waals surface area contributed by atoms with Crippen molar-refractivity contribution in [1.82, 2.24) is 25.3 Å². The van der Waals surface area contributed by atoms with Gasteiger partial charge < -0.3 is 25.2 Å². The highest BCUT2D eigenvalue weighted by molar-refractivity contribution is 6.30. The van der Waals surface area contributed by atoms with Gasteiger partial charge in [0.2, 0.25) is 5.91 Å². The fourth-order valence-electron chi connectivity index (χ4n) is 7.94. The van der Waals surface area contributed by atoms with Crippen LogP contribution in [0.5, 0.6) is 0 Å². The molecule has 46 heavy (non-hydrogen) atoms. The minimum atomic E-state index is -0.411. The van der Waals surface area contributed by atoms with Crippen LogP contribution < -0.4 is 10.6 Å². The zero-order valence-electron chi connectivity index (χ0n) is 28.5. The Kier molecular flexibility index (Phi) is 12.7. The van der Waals surface area contributed by atoms with Gasteiger partial charge in [-0.25, -0.2) is 0 Å². The van der Waals surface area contributed by atoms with E-state index in [1.54, 1.807) is 0 Å². The van der Waals surface area contributed by atoms with Gasteiger partial charge in [-0.1, -0.05) is 61.8 Å². The molecule has 0 radical (unpaired) electrons. The van der Waals surface area contributed by atoms with E-state index in [1.807, 2.05) is 30.3 Å². The molecule has 2 N–H and O–H groups in total. The molecule has 2 saturated heterocycles. The van der Waals surface area contributed by atoms with Crippen LogP contribution in [0.3, 0.4) is 0 Å². The van der Waals surface area contributed by atoms with Gasteiger partial charge >= 0.3 is 0 Å². The van der Waals surface area contributed by atoms with E-state index in [4.69, 9.17) is 11.6 Å². The monoisotopic (exact) mass is 649 g/mol. The normalized spacial score (nSPS) is 21.5. The lowest BCUT2D eigenvalue weighted by molar-refractivity contribution is -0.135. The summed E-state index contributed by atoms with van der Waals surface area (Å²) < 4.78 is 0. The molecule has 2 aromatic rings. The van der Waals surface area contributed by atoms with Crippen molar-refractivity contribution in [3.05, 3.63) is 70.2 Å². The number of rotatable bonds is 13. The van der Waals surface area contributed by atoms with Gasteiger partial charge in [0.15, 0.2) is 0 Å². The molecule has 2 aromatic carbocycles. The van der Waals surface area contributed by atoms with E-state index in [0.717, 1.165) is 57.3 Å². The summed E-state index contributed by atoms with van der Waals surface area (Å²) in [7, 11) is 0. The molecule has 0 aliphatic carbocycles. The highest BCUT2D eigenvalue weighted by Crippen LogP contribution is 2.29. The SMILES string of the molecule is CC(C)CN(C1CCN(C(=O)C(Cc2ccc(Cl)cc2)NCC(C=O)C2NCCc3ccccc32)CC1)C1CCN(C(C)C)CC1. The average Bonchev–Trinajstić information content (AvgIpc) is 3.07. The average molecular weight is 650 g/mol. The Morgan fingerprint density at radius 2 is 1.63 bits per heavy atom. The summed E-state index contributed by atoms with van der Waals surface area (Å²) in [6.45, 7) is 15.6. The second-order valence-electron chi connectivity index (χ2n) is 14.5. The topological polar surface area (TPSA) is 67.9 Å². The minimum absolute atomic E-state index is 0.0590. The predicted octanol–water partition coefficient (Wildman–Crippen LogP) is 5.36. The van der Waals surface area contributed by atoms with E-state index in [-0.39, 0.29) is 17.9 Å². The first-order chi connectivity index (χ1) is 22.2. The Hall–Kier alpha value is -2.29. The van der Waals surface area contributed by atoms with Crippen molar-refractivity contribution in [2.75, 3.05) is 45.8 Å². The minimum Gasteiger partial charge on any atom is -0.341 e. The van der Waals surface area contributed by atoms with Crippen LogP contribution in [0.4, 0.5) is 0 Å². The molecule has 0 bridgehead atoms. The van der Waals surface area contributed by atoms with Gasteiger partial charge in [0.05, 0.1) is 6.04 Å². The third-order valence-electron chi connectivity index (χ3n) is 10.5. The molecule has 0 saturated carbocycles. The van der Waals surface area contributed by atoms with E-state index in [0.29, 0.717) is 42.0 Å². The second-order valence-corrected chi connectivity index (χ2v) is 14.9. The summed E-state index contributed by atoms with van der Waals surface area (Å²) in [5.41, 5.74) is 3.55. The summed E-state index contributed by atoms with van der Waals surface area (Å²) in [6, 6.07) is 17.4. The van der Waals surface area contributed by atoms with E-state index in [1.165, 1.54) is 37.1 Å².